The first-order valence-electron chi connectivity index (χ1n) is 4.83. The summed E-state index contributed by atoms with van der Waals surface area (Å²) in [7, 11) is 0. The summed E-state index contributed by atoms with van der Waals surface area (Å²) in [6, 6.07) is 0. The summed E-state index contributed by atoms with van der Waals surface area (Å²) in [5.41, 5.74) is 0.684. The second-order valence-corrected chi connectivity index (χ2v) is 9.08. The van der Waals surface area contributed by atoms with Gasteiger partial charge in [0.05, 0.1) is 3.23 Å². The van der Waals surface area contributed by atoms with Crippen LogP contribution in [0, 0.1) is 29.1 Å². The number of rotatable bonds is 0. The molecule has 3 aliphatic rings. The molecular formula is C10H14Br2. The SMILES string of the molecule is CC1(C)C2CC3C(CC21)C3(Br)Br. The first-order valence-corrected chi connectivity index (χ1v) is 6.42. The molecule has 2 heteroatoms. The Balaban J connectivity index is 1.80. The summed E-state index contributed by atoms with van der Waals surface area (Å²) < 4.78 is 0.351. The summed E-state index contributed by atoms with van der Waals surface area (Å²) in [5.74, 6) is 3.94. The van der Waals surface area contributed by atoms with Crippen molar-refractivity contribution < 1.29 is 0 Å². The van der Waals surface area contributed by atoms with Gasteiger partial charge >= 0.3 is 0 Å². The van der Waals surface area contributed by atoms with Crippen molar-refractivity contribution >= 4 is 31.9 Å². The molecule has 3 aliphatic carbocycles. The Hall–Kier alpha value is 0.960. The van der Waals surface area contributed by atoms with Crippen molar-refractivity contribution in [2.45, 2.75) is 29.9 Å². The fraction of sp³-hybridized carbons (Fsp3) is 1.00. The third kappa shape index (κ3) is 0.796. The summed E-state index contributed by atoms with van der Waals surface area (Å²) in [4.78, 5) is 0. The summed E-state index contributed by atoms with van der Waals surface area (Å²) >= 11 is 7.56. The second kappa shape index (κ2) is 1.98. The van der Waals surface area contributed by atoms with Crippen LogP contribution in [0.25, 0.3) is 0 Å². The highest BCUT2D eigenvalue weighted by atomic mass is 79.9. The van der Waals surface area contributed by atoms with Gasteiger partial charge in [-0.15, -0.1) is 0 Å². The smallest absolute Gasteiger partial charge is 0.0721 e. The molecule has 0 saturated heterocycles. The van der Waals surface area contributed by atoms with Crippen LogP contribution < -0.4 is 0 Å². The third-order valence-corrected chi connectivity index (χ3v) is 7.02. The van der Waals surface area contributed by atoms with Gasteiger partial charge in [-0.05, 0) is 41.9 Å². The van der Waals surface area contributed by atoms with E-state index in [1.54, 1.807) is 0 Å². The zero-order chi connectivity index (χ0) is 8.72. The van der Waals surface area contributed by atoms with Crippen molar-refractivity contribution in [1.29, 1.82) is 0 Å². The average molecular weight is 294 g/mol. The van der Waals surface area contributed by atoms with E-state index in [-0.39, 0.29) is 0 Å². The minimum absolute atomic E-state index is 0.351. The number of alkyl halides is 2. The van der Waals surface area contributed by atoms with E-state index >= 15 is 0 Å². The summed E-state index contributed by atoms with van der Waals surface area (Å²) in [6.07, 6.45) is 2.91. The maximum absolute atomic E-state index is 3.78. The molecule has 0 radical (unpaired) electrons. The van der Waals surface area contributed by atoms with Gasteiger partial charge in [-0.1, -0.05) is 45.7 Å². The van der Waals surface area contributed by atoms with Crippen LogP contribution in [0.4, 0.5) is 0 Å². The van der Waals surface area contributed by atoms with Gasteiger partial charge in [-0.2, -0.15) is 0 Å². The molecule has 0 amide bonds. The maximum atomic E-state index is 3.78. The Bertz CT molecular complexity index is 198. The van der Waals surface area contributed by atoms with E-state index < -0.39 is 0 Å². The predicted molar refractivity (Wildman–Crippen MR) is 57.6 cm³/mol. The van der Waals surface area contributed by atoms with Crippen molar-refractivity contribution in [3.63, 3.8) is 0 Å². The molecule has 0 aromatic heterocycles. The van der Waals surface area contributed by atoms with Crippen LogP contribution in [-0.4, -0.2) is 3.23 Å². The molecule has 12 heavy (non-hydrogen) atoms. The second-order valence-electron chi connectivity index (χ2n) is 5.39. The zero-order valence-corrected chi connectivity index (χ0v) is 10.7. The van der Waals surface area contributed by atoms with Gasteiger partial charge in [0, 0.05) is 0 Å². The Kier molecular flexibility index (Phi) is 1.36. The van der Waals surface area contributed by atoms with Gasteiger partial charge in [0.2, 0.25) is 0 Å². The topological polar surface area (TPSA) is 0 Å². The first kappa shape index (κ1) is 8.28. The van der Waals surface area contributed by atoms with E-state index in [4.69, 9.17) is 0 Å². The van der Waals surface area contributed by atoms with Gasteiger partial charge in [0.15, 0.2) is 0 Å². The van der Waals surface area contributed by atoms with E-state index in [1.807, 2.05) is 0 Å². The lowest BCUT2D eigenvalue weighted by Crippen LogP contribution is -1.95. The van der Waals surface area contributed by atoms with Crippen LogP contribution in [0.3, 0.4) is 0 Å². The summed E-state index contributed by atoms with van der Waals surface area (Å²) in [6.45, 7) is 4.88. The van der Waals surface area contributed by atoms with Crippen LogP contribution in [0.5, 0.6) is 0 Å². The van der Waals surface area contributed by atoms with Gasteiger partial charge in [0.25, 0.3) is 0 Å². The number of hydrogen-bond acceptors (Lipinski definition) is 0. The highest BCUT2D eigenvalue weighted by molar-refractivity contribution is 9.25. The van der Waals surface area contributed by atoms with E-state index in [0.29, 0.717) is 8.65 Å². The minimum Gasteiger partial charge on any atom is -0.0721 e. The lowest BCUT2D eigenvalue weighted by molar-refractivity contribution is 0.457. The van der Waals surface area contributed by atoms with E-state index in [9.17, 15) is 0 Å². The lowest BCUT2D eigenvalue weighted by atomic mass is 10.0. The van der Waals surface area contributed by atoms with Crippen molar-refractivity contribution in [2.75, 3.05) is 0 Å². The zero-order valence-electron chi connectivity index (χ0n) is 7.48. The molecule has 0 aliphatic heterocycles. The number of halogens is 2. The monoisotopic (exact) mass is 292 g/mol. The van der Waals surface area contributed by atoms with Crippen LogP contribution in [0.1, 0.15) is 26.7 Å². The van der Waals surface area contributed by atoms with Crippen molar-refractivity contribution in [2.24, 2.45) is 29.1 Å². The Morgan fingerprint density at radius 1 is 0.917 bits per heavy atom. The van der Waals surface area contributed by atoms with Crippen molar-refractivity contribution in [1.82, 2.24) is 0 Å². The molecular weight excluding hydrogens is 280 g/mol. The average Bonchev–Trinajstić information content (AvgIpc) is 2.72. The molecule has 3 fully saturated rings. The van der Waals surface area contributed by atoms with E-state index in [0.717, 1.165) is 23.7 Å². The first-order chi connectivity index (χ1) is 5.45. The van der Waals surface area contributed by atoms with Gasteiger partial charge in [0.1, 0.15) is 0 Å². The molecule has 4 atom stereocenters. The largest absolute Gasteiger partial charge is 0.0868 e. The molecule has 68 valence electrons. The molecule has 0 heterocycles. The summed E-state index contributed by atoms with van der Waals surface area (Å²) in [5, 5.41) is 0. The molecule has 0 bridgehead atoms. The van der Waals surface area contributed by atoms with Crippen LogP contribution in [0.2, 0.25) is 0 Å². The van der Waals surface area contributed by atoms with Crippen LogP contribution >= 0.6 is 31.9 Å². The Labute approximate surface area is 90.7 Å². The lowest BCUT2D eigenvalue weighted by Gasteiger charge is -2.03. The normalized spacial score (nSPS) is 57.0. The maximum Gasteiger partial charge on any atom is 0.0868 e. The Morgan fingerprint density at radius 2 is 1.33 bits per heavy atom. The molecule has 0 aromatic rings. The molecule has 0 N–H and O–H groups in total. The van der Waals surface area contributed by atoms with Crippen LogP contribution in [0.15, 0.2) is 0 Å². The van der Waals surface area contributed by atoms with E-state index in [2.05, 4.69) is 45.7 Å². The van der Waals surface area contributed by atoms with Gasteiger partial charge < -0.3 is 0 Å². The molecule has 3 saturated carbocycles. The van der Waals surface area contributed by atoms with E-state index in [1.165, 1.54) is 12.8 Å². The van der Waals surface area contributed by atoms with Crippen molar-refractivity contribution in [3.05, 3.63) is 0 Å². The highest BCUT2D eigenvalue weighted by Crippen LogP contribution is 2.78. The van der Waals surface area contributed by atoms with Crippen molar-refractivity contribution in [3.8, 4) is 0 Å². The number of fused-ring (bicyclic) bond motifs is 2. The molecule has 3 rings (SSSR count). The van der Waals surface area contributed by atoms with Gasteiger partial charge in [-0.25, -0.2) is 0 Å². The molecule has 0 aromatic carbocycles. The fourth-order valence-corrected chi connectivity index (χ4v) is 5.20. The standard InChI is InChI=1S/C10H14Br2/c1-9(2)5-3-7-8(4-6(5)9)10(7,11)12/h5-8H,3-4H2,1-2H3. The number of hydrogen-bond donors (Lipinski definition) is 0. The molecule has 0 nitrogen and oxygen atoms in total. The third-order valence-electron chi connectivity index (χ3n) is 4.67. The minimum atomic E-state index is 0.351. The van der Waals surface area contributed by atoms with Crippen LogP contribution in [-0.2, 0) is 0 Å². The Morgan fingerprint density at radius 3 is 1.75 bits per heavy atom. The highest BCUT2D eigenvalue weighted by Gasteiger charge is 2.73. The quantitative estimate of drug-likeness (QED) is 0.596. The molecule has 4 unspecified atom stereocenters. The fourth-order valence-electron chi connectivity index (χ4n) is 3.44. The molecule has 0 spiro atoms. The van der Waals surface area contributed by atoms with Gasteiger partial charge in [-0.3, -0.25) is 0 Å². The predicted octanol–water partition coefficient (Wildman–Crippen LogP) is 3.78.